The summed E-state index contributed by atoms with van der Waals surface area (Å²) in [6.07, 6.45) is -1.45. The summed E-state index contributed by atoms with van der Waals surface area (Å²) in [5, 5.41) is 36.3. The number of benzene rings is 3. The van der Waals surface area contributed by atoms with Crippen molar-refractivity contribution in [3.05, 3.63) is 89.3 Å². The Bertz CT molecular complexity index is 1490. The van der Waals surface area contributed by atoms with Gasteiger partial charge in [-0.1, -0.05) is 47.6 Å². The SMILES string of the molecule is CNc1nnc([C@H]2[C@@H](O)[C@@]3(O)c4c(OC)cc(OC)cc4O[C@@]3(c3ccc(OC)cc3)[C@@H]2c2ccccc2)o1. The van der Waals surface area contributed by atoms with Crippen LogP contribution in [0.15, 0.2) is 71.1 Å². The zero-order chi connectivity index (χ0) is 27.4. The van der Waals surface area contributed by atoms with Gasteiger partial charge in [-0.3, -0.25) is 0 Å². The van der Waals surface area contributed by atoms with Crippen LogP contribution in [0.4, 0.5) is 6.01 Å². The molecule has 2 heterocycles. The number of fused-ring (bicyclic) bond motifs is 3. The number of aromatic nitrogens is 2. The Kier molecular flexibility index (Phi) is 5.89. The average molecular weight is 532 g/mol. The normalized spacial score (nSPS) is 26.9. The van der Waals surface area contributed by atoms with Crippen LogP contribution in [0, 0.1) is 0 Å². The molecule has 1 saturated carbocycles. The van der Waals surface area contributed by atoms with Crippen molar-refractivity contribution in [2.75, 3.05) is 33.7 Å². The number of hydrogen-bond acceptors (Lipinski definition) is 10. The molecular weight excluding hydrogens is 502 g/mol. The molecule has 0 bridgehead atoms. The fraction of sp³-hybridized carbons (Fsp3) is 0.310. The first-order valence-corrected chi connectivity index (χ1v) is 12.5. The Hall–Kier alpha value is -4.28. The Labute approximate surface area is 225 Å². The maximum atomic E-state index is 13.0. The third kappa shape index (κ3) is 3.34. The number of aliphatic hydroxyl groups is 2. The van der Waals surface area contributed by atoms with Gasteiger partial charge in [0, 0.05) is 25.1 Å². The standard InChI is InChI=1S/C29H29N3O7/c1-30-27-32-31-26(38-27)22-23(16-8-6-5-7-9-16)29(17-10-12-18(35-2)13-11-17)28(34,25(22)33)24-20(37-4)14-19(36-3)15-21(24)39-29/h5-15,22-23,25,33-34H,1-4H3,(H,30,32)/t22-,23-,25-,28+,29+/m1/s1. The van der Waals surface area contributed by atoms with E-state index in [2.05, 4.69) is 15.5 Å². The molecule has 0 amide bonds. The van der Waals surface area contributed by atoms with Gasteiger partial charge in [-0.05, 0) is 23.3 Å². The second-order valence-electron chi connectivity index (χ2n) is 9.59. The van der Waals surface area contributed by atoms with Gasteiger partial charge >= 0.3 is 6.01 Å². The van der Waals surface area contributed by atoms with E-state index in [1.807, 2.05) is 42.5 Å². The van der Waals surface area contributed by atoms with Gasteiger partial charge in [0.25, 0.3) is 0 Å². The number of methoxy groups -OCH3 is 3. The highest BCUT2D eigenvalue weighted by atomic mass is 16.5. The Morgan fingerprint density at radius 2 is 1.62 bits per heavy atom. The summed E-state index contributed by atoms with van der Waals surface area (Å²) in [4.78, 5) is 0. The van der Waals surface area contributed by atoms with Crippen molar-refractivity contribution in [1.29, 1.82) is 0 Å². The molecule has 0 saturated heterocycles. The Balaban J connectivity index is 1.70. The molecule has 6 rings (SSSR count). The van der Waals surface area contributed by atoms with Crippen molar-refractivity contribution >= 4 is 6.01 Å². The molecule has 1 fully saturated rings. The van der Waals surface area contributed by atoms with Crippen LogP contribution in [0.2, 0.25) is 0 Å². The van der Waals surface area contributed by atoms with E-state index in [0.717, 1.165) is 5.56 Å². The van der Waals surface area contributed by atoms with Crippen LogP contribution in [0.3, 0.4) is 0 Å². The summed E-state index contributed by atoms with van der Waals surface area (Å²) < 4.78 is 29.4. The summed E-state index contributed by atoms with van der Waals surface area (Å²) in [5.74, 6) is 0.398. The Morgan fingerprint density at radius 1 is 0.897 bits per heavy atom. The van der Waals surface area contributed by atoms with Crippen molar-refractivity contribution in [3.63, 3.8) is 0 Å². The second-order valence-corrected chi connectivity index (χ2v) is 9.59. The molecule has 2 aliphatic rings. The molecule has 1 aromatic heterocycles. The van der Waals surface area contributed by atoms with E-state index in [1.165, 1.54) is 14.2 Å². The summed E-state index contributed by atoms with van der Waals surface area (Å²) in [5.41, 5.74) is -1.82. The lowest BCUT2D eigenvalue weighted by Gasteiger charge is -2.40. The van der Waals surface area contributed by atoms with E-state index in [0.29, 0.717) is 34.1 Å². The molecule has 202 valence electrons. The van der Waals surface area contributed by atoms with Gasteiger partial charge in [0.2, 0.25) is 5.89 Å². The lowest BCUT2D eigenvalue weighted by molar-refractivity contribution is -0.151. The summed E-state index contributed by atoms with van der Waals surface area (Å²) in [7, 11) is 6.28. The Morgan fingerprint density at radius 3 is 2.23 bits per heavy atom. The first-order chi connectivity index (χ1) is 18.9. The molecule has 3 N–H and O–H groups in total. The number of nitrogens with one attached hydrogen (secondary N) is 1. The fourth-order valence-corrected chi connectivity index (χ4v) is 6.25. The van der Waals surface area contributed by atoms with Crippen molar-refractivity contribution in [2.45, 2.75) is 29.1 Å². The van der Waals surface area contributed by atoms with Crippen LogP contribution in [0.1, 0.15) is 34.4 Å². The largest absolute Gasteiger partial charge is 0.497 e. The van der Waals surface area contributed by atoms with Crippen molar-refractivity contribution < 1.29 is 33.6 Å². The molecule has 5 atom stereocenters. The summed E-state index contributed by atoms with van der Waals surface area (Å²) >= 11 is 0. The zero-order valence-electron chi connectivity index (χ0n) is 21.9. The van der Waals surface area contributed by atoms with E-state index >= 15 is 0 Å². The molecule has 10 nitrogen and oxygen atoms in total. The van der Waals surface area contributed by atoms with Gasteiger partial charge in [0.1, 0.15) is 29.1 Å². The number of anilines is 1. The third-order valence-electron chi connectivity index (χ3n) is 7.90. The van der Waals surface area contributed by atoms with Gasteiger partial charge in [-0.2, -0.15) is 0 Å². The highest BCUT2D eigenvalue weighted by molar-refractivity contribution is 5.63. The molecule has 0 unspecified atom stereocenters. The molecule has 0 spiro atoms. The topological polar surface area (TPSA) is 128 Å². The number of hydrogen-bond donors (Lipinski definition) is 3. The van der Waals surface area contributed by atoms with Crippen LogP contribution in [-0.2, 0) is 11.2 Å². The first kappa shape index (κ1) is 25.0. The van der Waals surface area contributed by atoms with Crippen LogP contribution in [-0.4, -0.2) is 54.9 Å². The van der Waals surface area contributed by atoms with E-state index in [1.54, 1.807) is 38.4 Å². The van der Waals surface area contributed by atoms with Gasteiger partial charge < -0.3 is 38.9 Å². The number of ether oxygens (including phenoxy) is 4. The minimum Gasteiger partial charge on any atom is -0.497 e. The van der Waals surface area contributed by atoms with Gasteiger partial charge in [-0.25, -0.2) is 0 Å². The maximum Gasteiger partial charge on any atom is 0.315 e. The minimum absolute atomic E-state index is 0.161. The van der Waals surface area contributed by atoms with E-state index in [9.17, 15) is 10.2 Å². The second kappa shape index (κ2) is 9.18. The number of rotatable bonds is 7. The third-order valence-corrected chi connectivity index (χ3v) is 7.90. The lowest BCUT2D eigenvalue weighted by atomic mass is 9.70. The predicted molar refractivity (Wildman–Crippen MR) is 141 cm³/mol. The maximum absolute atomic E-state index is 13.0. The zero-order valence-corrected chi connectivity index (χ0v) is 21.9. The molecule has 4 aromatic rings. The molecular formula is C29H29N3O7. The smallest absolute Gasteiger partial charge is 0.315 e. The van der Waals surface area contributed by atoms with Gasteiger partial charge in [0.05, 0.1) is 32.8 Å². The highest BCUT2D eigenvalue weighted by Gasteiger charge is 2.78. The van der Waals surface area contributed by atoms with Crippen LogP contribution in [0.25, 0.3) is 0 Å². The molecule has 1 aliphatic carbocycles. The molecule has 0 radical (unpaired) electrons. The highest BCUT2D eigenvalue weighted by Crippen LogP contribution is 2.72. The number of nitrogens with zero attached hydrogens (tertiary/aromatic N) is 2. The van der Waals surface area contributed by atoms with Crippen LogP contribution >= 0.6 is 0 Å². The van der Waals surface area contributed by atoms with E-state index < -0.39 is 29.1 Å². The summed E-state index contributed by atoms with van der Waals surface area (Å²) in [6.45, 7) is 0. The van der Waals surface area contributed by atoms with E-state index in [-0.39, 0.29) is 11.9 Å². The molecule has 10 heteroatoms. The van der Waals surface area contributed by atoms with Gasteiger partial charge in [-0.15, -0.1) is 5.10 Å². The van der Waals surface area contributed by atoms with E-state index in [4.69, 9.17) is 23.4 Å². The predicted octanol–water partition coefficient (Wildman–Crippen LogP) is 3.55. The monoisotopic (exact) mass is 531 g/mol. The number of aliphatic hydroxyl groups excluding tert-OH is 1. The van der Waals surface area contributed by atoms with Crippen molar-refractivity contribution in [1.82, 2.24) is 10.2 Å². The molecule has 1 aliphatic heterocycles. The minimum atomic E-state index is -2.01. The first-order valence-electron chi connectivity index (χ1n) is 12.5. The molecule has 39 heavy (non-hydrogen) atoms. The van der Waals surface area contributed by atoms with Gasteiger partial charge in [0.15, 0.2) is 11.2 Å². The van der Waals surface area contributed by atoms with Crippen LogP contribution < -0.4 is 24.3 Å². The summed E-state index contributed by atoms with van der Waals surface area (Å²) in [6, 6.07) is 20.4. The lowest BCUT2D eigenvalue weighted by Crippen LogP contribution is -2.52. The van der Waals surface area contributed by atoms with Crippen molar-refractivity contribution in [2.24, 2.45) is 0 Å². The average Bonchev–Trinajstić information content (AvgIpc) is 3.61. The van der Waals surface area contributed by atoms with Crippen LogP contribution in [0.5, 0.6) is 23.0 Å². The molecule has 3 aromatic carbocycles. The fourth-order valence-electron chi connectivity index (χ4n) is 6.25. The van der Waals surface area contributed by atoms with Crippen molar-refractivity contribution in [3.8, 4) is 23.0 Å². The quantitative estimate of drug-likeness (QED) is 0.326.